The number of fused-ring (bicyclic) bond motifs is 3. The van der Waals surface area contributed by atoms with Crippen molar-refractivity contribution in [1.82, 2.24) is 4.57 Å². The van der Waals surface area contributed by atoms with E-state index in [9.17, 15) is 9.18 Å². The molecule has 0 fully saturated rings. The molecule has 3 aromatic carbocycles. The fourth-order valence-electron chi connectivity index (χ4n) is 4.84. The molecule has 1 atom stereocenters. The Morgan fingerprint density at radius 2 is 1.88 bits per heavy atom. The number of hydrogen-bond donors (Lipinski definition) is 0. The summed E-state index contributed by atoms with van der Waals surface area (Å²) in [4.78, 5) is 19.4. The molecule has 0 spiro atoms. The van der Waals surface area contributed by atoms with Crippen molar-refractivity contribution in [3.8, 4) is 5.75 Å². The molecule has 0 radical (unpaired) electrons. The van der Waals surface area contributed by atoms with Gasteiger partial charge in [-0.25, -0.2) is 9.38 Å². The number of benzene rings is 3. The second kappa shape index (κ2) is 8.22. The fourth-order valence-corrected chi connectivity index (χ4v) is 5.85. The normalized spacial score (nSPS) is 17.0. The Morgan fingerprint density at radius 3 is 2.71 bits per heavy atom. The highest BCUT2D eigenvalue weighted by molar-refractivity contribution is 7.07. The van der Waals surface area contributed by atoms with Crippen molar-refractivity contribution in [2.24, 2.45) is 4.99 Å². The first-order chi connectivity index (χ1) is 16.6. The monoisotopic (exact) mass is 468 g/mol. The van der Waals surface area contributed by atoms with Crippen LogP contribution < -0.4 is 19.6 Å². The van der Waals surface area contributed by atoms with Crippen molar-refractivity contribution in [3.05, 3.63) is 126 Å². The first-order valence-corrected chi connectivity index (χ1v) is 12.0. The number of halogens is 1. The maximum atomic E-state index is 13.7. The molecular weight excluding hydrogens is 447 g/mol. The van der Waals surface area contributed by atoms with E-state index in [4.69, 9.17) is 9.73 Å². The van der Waals surface area contributed by atoms with Gasteiger partial charge in [0.05, 0.1) is 23.4 Å². The van der Waals surface area contributed by atoms with E-state index >= 15 is 0 Å². The van der Waals surface area contributed by atoms with E-state index < -0.39 is 0 Å². The highest BCUT2D eigenvalue weighted by Gasteiger charge is 2.32. The van der Waals surface area contributed by atoms with Crippen molar-refractivity contribution in [1.29, 1.82) is 0 Å². The topological polar surface area (TPSA) is 43.6 Å². The van der Waals surface area contributed by atoms with Gasteiger partial charge in [-0.2, -0.15) is 0 Å². The van der Waals surface area contributed by atoms with E-state index in [0.29, 0.717) is 9.33 Å². The summed E-state index contributed by atoms with van der Waals surface area (Å²) in [5, 5.41) is 0. The molecule has 1 aliphatic heterocycles. The van der Waals surface area contributed by atoms with E-state index in [1.807, 2.05) is 41.0 Å². The zero-order valence-electron chi connectivity index (χ0n) is 18.5. The van der Waals surface area contributed by atoms with Crippen molar-refractivity contribution in [2.75, 3.05) is 7.11 Å². The Hall–Kier alpha value is -3.77. The quantitative estimate of drug-likeness (QED) is 0.446. The third-order valence-electron chi connectivity index (χ3n) is 6.45. The third kappa shape index (κ3) is 3.42. The van der Waals surface area contributed by atoms with Gasteiger partial charge in [0.15, 0.2) is 4.80 Å². The fraction of sp³-hybridized carbons (Fsp3) is 0.143. The van der Waals surface area contributed by atoms with E-state index in [0.717, 1.165) is 46.6 Å². The van der Waals surface area contributed by atoms with E-state index in [-0.39, 0.29) is 17.4 Å². The average molecular weight is 469 g/mol. The molecule has 34 heavy (non-hydrogen) atoms. The molecule has 2 heterocycles. The van der Waals surface area contributed by atoms with E-state index in [1.165, 1.54) is 29.0 Å². The van der Waals surface area contributed by atoms with Crippen molar-refractivity contribution in [2.45, 2.75) is 18.9 Å². The molecule has 1 aliphatic carbocycles. The Morgan fingerprint density at radius 1 is 1.06 bits per heavy atom. The molecule has 0 saturated carbocycles. The van der Waals surface area contributed by atoms with Crippen LogP contribution in [0.25, 0.3) is 11.8 Å². The molecule has 0 saturated heterocycles. The minimum absolute atomic E-state index is 0.0914. The molecule has 0 N–H and O–H groups in total. The molecule has 4 aromatic rings. The Labute approximate surface area is 199 Å². The summed E-state index contributed by atoms with van der Waals surface area (Å²) < 4.78 is 21.2. The number of aryl methyl sites for hydroxylation is 1. The van der Waals surface area contributed by atoms with Crippen LogP contribution in [0.4, 0.5) is 4.39 Å². The second-order valence-electron chi connectivity index (χ2n) is 8.44. The minimum Gasteiger partial charge on any atom is -0.497 e. The van der Waals surface area contributed by atoms with Gasteiger partial charge in [0.25, 0.3) is 5.56 Å². The molecular formula is C28H21FN2O2S. The highest BCUT2D eigenvalue weighted by atomic mass is 32.1. The standard InChI is InChI=1S/C28H21FN2O2S/c1-33-21-7-4-6-19(16-21)26-23-14-11-18-5-2-3-8-22(18)25(23)30-28-31(26)27(32)24(34-28)15-17-9-12-20(29)13-10-17/h2-10,12-13,15-16,26H,11,14H2,1H3/b24-15+/t26-/m0/s1. The number of rotatable bonds is 3. The maximum absolute atomic E-state index is 13.7. The number of nitrogens with zero attached hydrogens (tertiary/aromatic N) is 2. The minimum atomic E-state index is -0.303. The number of methoxy groups -OCH3 is 1. The van der Waals surface area contributed by atoms with Gasteiger partial charge in [-0.1, -0.05) is 59.9 Å². The number of aromatic nitrogens is 1. The summed E-state index contributed by atoms with van der Waals surface area (Å²) in [5.41, 5.74) is 6.20. The van der Waals surface area contributed by atoms with Gasteiger partial charge >= 0.3 is 0 Å². The lowest BCUT2D eigenvalue weighted by atomic mass is 9.83. The van der Waals surface area contributed by atoms with Crippen LogP contribution >= 0.6 is 11.3 Å². The van der Waals surface area contributed by atoms with E-state index in [2.05, 4.69) is 18.2 Å². The molecule has 4 nitrogen and oxygen atoms in total. The van der Waals surface area contributed by atoms with E-state index in [1.54, 1.807) is 19.2 Å². The van der Waals surface area contributed by atoms with Crippen molar-refractivity contribution in [3.63, 3.8) is 0 Å². The molecule has 0 amide bonds. The maximum Gasteiger partial charge on any atom is 0.271 e. The Bertz CT molecular complexity index is 1630. The third-order valence-corrected chi connectivity index (χ3v) is 7.43. The van der Waals surface area contributed by atoms with Crippen LogP contribution in [0.5, 0.6) is 5.75 Å². The number of hydrogen-bond acceptors (Lipinski definition) is 4. The van der Waals surface area contributed by atoms with Crippen LogP contribution in [0.2, 0.25) is 0 Å². The summed E-state index contributed by atoms with van der Waals surface area (Å²) in [5.74, 6) is 0.448. The summed E-state index contributed by atoms with van der Waals surface area (Å²) in [7, 11) is 1.65. The van der Waals surface area contributed by atoms with Gasteiger partial charge in [-0.05, 0) is 65.4 Å². The first-order valence-electron chi connectivity index (χ1n) is 11.1. The second-order valence-corrected chi connectivity index (χ2v) is 9.45. The summed E-state index contributed by atoms with van der Waals surface area (Å²) >= 11 is 1.37. The van der Waals surface area contributed by atoms with Gasteiger partial charge < -0.3 is 4.74 Å². The van der Waals surface area contributed by atoms with Crippen LogP contribution in [0.15, 0.2) is 88.2 Å². The molecule has 6 rings (SSSR count). The largest absolute Gasteiger partial charge is 0.497 e. The summed E-state index contributed by atoms with van der Waals surface area (Å²) in [6, 6.07) is 22.2. The smallest absolute Gasteiger partial charge is 0.271 e. The summed E-state index contributed by atoms with van der Waals surface area (Å²) in [6.45, 7) is 0. The molecule has 2 aliphatic rings. The molecule has 6 heteroatoms. The van der Waals surface area contributed by atoms with Crippen LogP contribution in [0.1, 0.15) is 34.7 Å². The molecule has 0 bridgehead atoms. The highest BCUT2D eigenvalue weighted by Crippen LogP contribution is 2.41. The summed E-state index contributed by atoms with van der Waals surface area (Å²) in [6.07, 6.45) is 3.55. The van der Waals surface area contributed by atoms with Crippen LogP contribution in [0, 0.1) is 5.82 Å². The SMILES string of the molecule is COc1cccc([C@H]2C3=C(N=c4s/c(=C/c5ccc(F)cc5)c(=O)n42)c2ccccc2CC3)c1. The van der Waals surface area contributed by atoms with Gasteiger partial charge in [-0.3, -0.25) is 9.36 Å². The predicted molar refractivity (Wildman–Crippen MR) is 132 cm³/mol. The van der Waals surface area contributed by atoms with Crippen LogP contribution in [-0.2, 0) is 6.42 Å². The zero-order chi connectivity index (χ0) is 23.2. The Kier molecular flexibility index (Phi) is 5.03. The molecule has 168 valence electrons. The lowest BCUT2D eigenvalue weighted by Gasteiger charge is -2.31. The van der Waals surface area contributed by atoms with Crippen LogP contribution in [-0.4, -0.2) is 11.7 Å². The Balaban J connectivity index is 1.62. The number of thiazole rings is 1. The van der Waals surface area contributed by atoms with Crippen molar-refractivity contribution < 1.29 is 9.13 Å². The molecule has 1 aromatic heterocycles. The van der Waals surface area contributed by atoms with Gasteiger partial charge in [0.2, 0.25) is 0 Å². The average Bonchev–Trinajstić information content (AvgIpc) is 3.18. The molecule has 0 unspecified atom stereocenters. The lowest BCUT2D eigenvalue weighted by molar-refractivity contribution is 0.413. The first kappa shape index (κ1) is 20.8. The van der Waals surface area contributed by atoms with Gasteiger partial charge in [0, 0.05) is 5.56 Å². The lowest BCUT2D eigenvalue weighted by Crippen LogP contribution is -2.38. The number of allylic oxidation sites excluding steroid dienone is 1. The predicted octanol–water partition coefficient (Wildman–Crippen LogP) is 4.47. The number of ether oxygens (including phenoxy) is 1. The van der Waals surface area contributed by atoms with Gasteiger partial charge in [0.1, 0.15) is 11.6 Å². The van der Waals surface area contributed by atoms with Gasteiger partial charge in [-0.15, -0.1) is 0 Å². The zero-order valence-corrected chi connectivity index (χ0v) is 19.3. The van der Waals surface area contributed by atoms with Crippen LogP contribution in [0.3, 0.4) is 0 Å². The van der Waals surface area contributed by atoms with Crippen molar-refractivity contribution >= 4 is 23.1 Å².